The van der Waals surface area contributed by atoms with E-state index in [0.717, 1.165) is 26.3 Å². The molecule has 2 rings (SSSR count). The second-order valence-corrected chi connectivity index (χ2v) is 6.89. The number of carbonyl (C=O) groups excluding carboxylic acids is 1. The smallest absolute Gasteiger partial charge is 0.220 e. The van der Waals surface area contributed by atoms with E-state index >= 15 is 0 Å². The summed E-state index contributed by atoms with van der Waals surface area (Å²) in [6.07, 6.45) is 0.540. The van der Waals surface area contributed by atoms with E-state index in [1.807, 2.05) is 18.2 Å². The van der Waals surface area contributed by atoms with Gasteiger partial charge in [0.15, 0.2) is 0 Å². The van der Waals surface area contributed by atoms with Gasteiger partial charge in [0.1, 0.15) is 18.6 Å². The van der Waals surface area contributed by atoms with Gasteiger partial charge in [-0.15, -0.1) is 0 Å². The zero-order valence-electron chi connectivity index (χ0n) is 14.0. The van der Waals surface area contributed by atoms with Gasteiger partial charge in [0, 0.05) is 6.42 Å². The molecule has 4 nitrogen and oxygen atoms in total. The highest BCUT2D eigenvalue weighted by molar-refractivity contribution is 5.76. The molecule has 22 heavy (non-hydrogen) atoms. The molecule has 4 heteroatoms. The molecule has 0 spiro atoms. The summed E-state index contributed by atoms with van der Waals surface area (Å²) in [4.78, 5) is 13.7. The maximum atomic E-state index is 12.2. The van der Waals surface area contributed by atoms with Crippen molar-refractivity contribution in [3.63, 3.8) is 0 Å². The van der Waals surface area contributed by atoms with Gasteiger partial charge in [-0.25, -0.2) is 0 Å². The number of benzene rings is 1. The highest BCUT2D eigenvalue weighted by Crippen LogP contribution is 2.18. The fraction of sp³-hybridized carbons (Fsp3) is 0.611. The molecule has 1 amide bonds. The first-order chi connectivity index (χ1) is 10.5. The summed E-state index contributed by atoms with van der Waals surface area (Å²) in [7, 11) is 0. The van der Waals surface area contributed by atoms with Gasteiger partial charge in [-0.05, 0) is 25.3 Å². The number of hydrogen-bond acceptors (Lipinski definition) is 2. The van der Waals surface area contributed by atoms with Crippen LogP contribution < -0.4 is 10.2 Å². The first-order valence-corrected chi connectivity index (χ1v) is 8.23. The van der Waals surface area contributed by atoms with Crippen LogP contribution in [0.2, 0.25) is 0 Å². The zero-order valence-corrected chi connectivity index (χ0v) is 14.0. The molecule has 1 heterocycles. The van der Waals surface area contributed by atoms with Crippen molar-refractivity contribution < 1.29 is 14.4 Å². The lowest BCUT2D eigenvalue weighted by Gasteiger charge is -2.37. The molecule has 0 aromatic heterocycles. The van der Waals surface area contributed by atoms with Crippen molar-refractivity contribution >= 4 is 5.91 Å². The van der Waals surface area contributed by atoms with Gasteiger partial charge in [-0.2, -0.15) is 0 Å². The molecule has 0 unspecified atom stereocenters. The Morgan fingerprint density at radius 2 is 1.91 bits per heavy atom. The molecule has 1 fully saturated rings. The topological polar surface area (TPSA) is 42.8 Å². The number of amides is 1. The van der Waals surface area contributed by atoms with Gasteiger partial charge in [0.25, 0.3) is 0 Å². The number of nitrogens with one attached hydrogen (secondary N) is 2. The van der Waals surface area contributed by atoms with E-state index < -0.39 is 0 Å². The van der Waals surface area contributed by atoms with Gasteiger partial charge in [-0.1, -0.05) is 37.3 Å². The van der Waals surface area contributed by atoms with Crippen molar-refractivity contribution in [3.8, 4) is 0 Å². The van der Waals surface area contributed by atoms with Crippen molar-refractivity contribution in [2.24, 2.45) is 0 Å². The minimum absolute atomic E-state index is 0.0510. The van der Waals surface area contributed by atoms with E-state index in [-0.39, 0.29) is 17.4 Å². The maximum Gasteiger partial charge on any atom is 0.220 e. The summed E-state index contributed by atoms with van der Waals surface area (Å²) >= 11 is 0. The lowest BCUT2D eigenvalue weighted by molar-refractivity contribution is -0.954. The molecule has 0 bridgehead atoms. The van der Waals surface area contributed by atoms with E-state index in [1.165, 1.54) is 10.5 Å². The van der Waals surface area contributed by atoms with Crippen molar-refractivity contribution in [1.82, 2.24) is 5.32 Å². The van der Waals surface area contributed by atoms with Crippen LogP contribution in [-0.2, 0) is 9.53 Å². The monoisotopic (exact) mass is 305 g/mol. The molecule has 0 radical (unpaired) electrons. The van der Waals surface area contributed by atoms with Gasteiger partial charge < -0.3 is 15.0 Å². The molecule has 1 aliphatic heterocycles. The van der Waals surface area contributed by atoms with Crippen molar-refractivity contribution in [3.05, 3.63) is 35.9 Å². The molecule has 1 atom stereocenters. The lowest BCUT2D eigenvalue weighted by Crippen LogP contribution is -3.22. The minimum atomic E-state index is 0.0510. The number of carbonyl (C=O) groups is 1. The Balaban J connectivity index is 1.79. The quantitative estimate of drug-likeness (QED) is 0.823. The second-order valence-electron chi connectivity index (χ2n) is 6.89. The molecular weight excluding hydrogens is 276 g/mol. The van der Waals surface area contributed by atoms with E-state index in [1.54, 1.807) is 0 Å². The number of ether oxygens (including phenoxy) is 1. The Bertz CT molecular complexity index is 467. The first kappa shape index (κ1) is 17.0. The van der Waals surface area contributed by atoms with Crippen molar-refractivity contribution in [2.75, 3.05) is 32.8 Å². The summed E-state index contributed by atoms with van der Waals surface area (Å²) in [5, 5.41) is 3.12. The second kappa shape index (κ2) is 7.75. The van der Waals surface area contributed by atoms with Crippen LogP contribution in [-0.4, -0.2) is 44.3 Å². The van der Waals surface area contributed by atoms with Gasteiger partial charge in [0.2, 0.25) is 5.91 Å². The zero-order chi connectivity index (χ0) is 16.0. The summed E-state index contributed by atoms with van der Waals surface area (Å²) in [6, 6.07) is 10.2. The number of quaternary nitrogens is 1. The van der Waals surface area contributed by atoms with E-state index in [0.29, 0.717) is 13.0 Å². The van der Waals surface area contributed by atoms with Crippen LogP contribution in [0.3, 0.4) is 0 Å². The molecule has 1 aromatic carbocycles. The molecule has 0 aliphatic carbocycles. The van der Waals surface area contributed by atoms with Crippen LogP contribution in [0.25, 0.3) is 0 Å². The third-order valence-electron chi connectivity index (χ3n) is 4.64. The number of morpholine rings is 1. The molecule has 2 N–H and O–H groups in total. The summed E-state index contributed by atoms with van der Waals surface area (Å²) in [6.45, 7) is 10.9. The predicted molar refractivity (Wildman–Crippen MR) is 88.1 cm³/mol. The normalized spacial score (nSPS) is 18.0. The van der Waals surface area contributed by atoms with Crippen molar-refractivity contribution in [1.29, 1.82) is 0 Å². The fourth-order valence-electron chi connectivity index (χ4n) is 2.99. The minimum Gasteiger partial charge on any atom is -0.370 e. The molecule has 0 saturated carbocycles. The van der Waals surface area contributed by atoms with Crippen molar-refractivity contribution in [2.45, 2.75) is 38.6 Å². The number of rotatable bonds is 6. The summed E-state index contributed by atoms with van der Waals surface area (Å²) in [5.41, 5.74) is 1.27. The standard InChI is InChI=1S/C18H28N2O2/c1-15(16-7-5-4-6-8-16)13-17(21)19-14-18(2,3)20-9-11-22-12-10-20/h4-8,15H,9-14H2,1-3H3,(H,19,21)/p+1/t15-/m0/s1. The SMILES string of the molecule is C[C@@H](CC(=O)NCC(C)(C)[NH+]1CCOCC1)c1ccccc1. The molecule has 1 aliphatic rings. The van der Waals surface area contributed by atoms with Crippen LogP contribution in [0.1, 0.15) is 38.7 Å². The van der Waals surface area contributed by atoms with Gasteiger partial charge in [0.05, 0.1) is 19.8 Å². The van der Waals surface area contributed by atoms with Gasteiger partial charge >= 0.3 is 0 Å². The van der Waals surface area contributed by atoms with Gasteiger partial charge in [-0.3, -0.25) is 4.79 Å². The van der Waals surface area contributed by atoms with Crippen LogP contribution in [0.15, 0.2) is 30.3 Å². The first-order valence-electron chi connectivity index (χ1n) is 8.23. The summed E-state index contributed by atoms with van der Waals surface area (Å²) < 4.78 is 5.41. The van der Waals surface area contributed by atoms with E-state index in [2.05, 4.69) is 38.2 Å². The fourth-order valence-corrected chi connectivity index (χ4v) is 2.99. The Labute approximate surface area is 133 Å². The maximum absolute atomic E-state index is 12.2. The van der Waals surface area contributed by atoms with E-state index in [4.69, 9.17) is 4.74 Å². The highest BCUT2D eigenvalue weighted by Gasteiger charge is 2.32. The molecule has 1 saturated heterocycles. The highest BCUT2D eigenvalue weighted by atomic mass is 16.5. The third-order valence-corrected chi connectivity index (χ3v) is 4.64. The Kier molecular flexibility index (Phi) is 5.98. The molecule has 1 aromatic rings. The predicted octanol–water partition coefficient (Wildman–Crippen LogP) is 0.990. The Morgan fingerprint density at radius 1 is 1.27 bits per heavy atom. The summed E-state index contributed by atoms with van der Waals surface area (Å²) in [5.74, 6) is 0.386. The largest absolute Gasteiger partial charge is 0.370 e. The molecular formula is C18H29N2O2+. The van der Waals surface area contributed by atoms with Crippen LogP contribution >= 0.6 is 0 Å². The third kappa shape index (κ3) is 4.82. The van der Waals surface area contributed by atoms with Crippen LogP contribution in [0.4, 0.5) is 0 Å². The average molecular weight is 305 g/mol. The average Bonchev–Trinajstić information content (AvgIpc) is 2.55. The Morgan fingerprint density at radius 3 is 2.55 bits per heavy atom. The number of hydrogen-bond donors (Lipinski definition) is 2. The van der Waals surface area contributed by atoms with E-state index in [9.17, 15) is 4.79 Å². The molecule has 122 valence electrons. The lowest BCUT2D eigenvalue weighted by atomic mass is 9.97. The van der Waals surface area contributed by atoms with Crippen LogP contribution in [0.5, 0.6) is 0 Å². The Hall–Kier alpha value is -1.39. The van der Waals surface area contributed by atoms with Crippen LogP contribution in [0, 0.1) is 0 Å².